The monoisotopic (exact) mass is 160 g/mol. The molecule has 2 unspecified atom stereocenters. The Hall–Kier alpha value is -0.150. The fourth-order valence-corrected chi connectivity index (χ4v) is 1.68. The van der Waals surface area contributed by atoms with Crippen LogP contribution in [0.2, 0.25) is 0 Å². The standard InChI is InChI=1S/C8H17FN2/c1-3-11(4-2)8-6-10-5-7(8)9/h7-8,10H,3-6H2,1-2H3. The molecule has 0 spiro atoms. The maximum Gasteiger partial charge on any atom is 0.129 e. The Morgan fingerprint density at radius 1 is 1.36 bits per heavy atom. The Morgan fingerprint density at radius 2 is 2.00 bits per heavy atom. The summed E-state index contributed by atoms with van der Waals surface area (Å²) in [6.07, 6.45) is -0.671. The van der Waals surface area contributed by atoms with Crippen LogP contribution in [0.5, 0.6) is 0 Å². The molecule has 0 aliphatic carbocycles. The summed E-state index contributed by atoms with van der Waals surface area (Å²) in [5.41, 5.74) is 0. The minimum Gasteiger partial charge on any atom is -0.312 e. The number of nitrogens with zero attached hydrogens (tertiary/aromatic N) is 1. The van der Waals surface area contributed by atoms with E-state index in [1.165, 1.54) is 0 Å². The third kappa shape index (κ3) is 1.91. The first-order chi connectivity index (χ1) is 5.29. The Balaban J connectivity index is 2.43. The summed E-state index contributed by atoms with van der Waals surface area (Å²) < 4.78 is 13.1. The first-order valence-electron chi connectivity index (χ1n) is 4.38. The van der Waals surface area contributed by atoms with Gasteiger partial charge in [-0.1, -0.05) is 13.8 Å². The molecule has 1 rings (SSSR count). The van der Waals surface area contributed by atoms with Crippen molar-refractivity contribution in [3.63, 3.8) is 0 Å². The first kappa shape index (κ1) is 8.94. The van der Waals surface area contributed by atoms with Gasteiger partial charge >= 0.3 is 0 Å². The Bertz CT molecular complexity index is 115. The van der Waals surface area contributed by atoms with E-state index >= 15 is 0 Å². The highest BCUT2D eigenvalue weighted by molar-refractivity contribution is 4.87. The van der Waals surface area contributed by atoms with Gasteiger partial charge in [-0.3, -0.25) is 4.90 Å². The summed E-state index contributed by atoms with van der Waals surface area (Å²) in [5, 5.41) is 3.05. The van der Waals surface area contributed by atoms with Crippen molar-refractivity contribution < 1.29 is 4.39 Å². The van der Waals surface area contributed by atoms with E-state index in [1.54, 1.807) is 0 Å². The third-order valence-electron chi connectivity index (χ3n) is 2.39. The van der Waals surface area contributed by atoms with E-state index < -0.39 is 6.17 Å². The lowest BCUT2D eigenvalue weighted by Gasteiger charge is -2.26. The molecule has 0 saturated carbocycles. The second-order valence-corrected chi connectivity index (χ2v) is 2.96. The highest BCUT2D eigenvalue weighted by atomic mass is 19.1. The molecule has 1 aliphatic rings. The summed E-state index contributed by atoms with van der Waals surface area (Å²) in [7, 11) is 0. The van der Waals surface area contributed by atoms with Crippen molar-refractivity contribution in [1.82, 2.24) is 10.2 Å². The summed E-state index contributed by atoms with van der Waals surface area (Å²) >= 11 is 0. The molecule has 1 fully saturated rings. The highest BCUT2D eigenvalue weighted by Crippen LogP contribution is 2.11. The van der Waals surface area contributed by atoms with Gasteiger partial charge in [-0.2, -0.15) is 0 Å². The zero-order valence-corrected chi connectivity index (χ0v) is 7.31. The van der Waals surface area contributed by atoms with Crippen LogP contribution in [0, 0.1) is 0 Å². The molecule has 0 aromatic rings. The predicted molar refractivity (Wildman–Crippen MR) is 44.5 cm³/mol. The lowest BCUT2D eigenvalue weighted by Crippen LogP contribution is -2.41. The van der Waals surface area contributed by atoms with E-state index in [-0.39, 0.29) is 6.04 Å². The minimum atomic E-state index is -0.671. The van der Waals surface area contributed by atoms with Gasteiger partial charge in [-0.15, -0.1) is 0 Å². The van der Waals surface area contributed by atoms with Crippen molar-refractivity contribution in [1.29, 1.82) is 0 Å². The van der Waals surface area contributed by atoms with Crippen LogP contribution in [-0.2, 0) is 0 Å². The molecule has 66 valence electrons. The topological polar surface area (TPSA) is 15.3 Å². The predicted octanol–water partition coefficient (Wildman–Crippen LogP) is 0.638. The van der Waals surface area contributed by atoms with Crippen LogP contribution < -0.4 is 5.32 Å². The minimum absolute atomic E-state index is 0.116. The van der Waals surface area contributed by atoms with Gasteiger partial charge in [0.05, 0.1) is 6.04 Å². The van der Waals surface area contributed by atoms with Gasteiger partial charge in [0.2, 0.25) is 0 Å². The summed E-state index contributed by atoms with van der Waals surface area (Å²) in [6.45, 7) is 7.39. The number of hydrogen-bond donors (Lipinski definition) is 1. The van der Waals surface area contributed by atoms with E-state index in [0.717, 1.165) is 19.6 Å². The largest absolute Gasteiger partial charge is 0.312 e. The van der Waals surface area contributed by atoms with Crippen LogP contribution in [0.1, 0.15) is 13.8 Å². The summed E-state index contributed by atoms with van der Waals surface area (Å²) in [5.74, 6) is 0. The number of halogens is 1. The van der Waals surface area contributed by atoms with Gasteiger partial charge in [0, 0.05) is 13.1 Å². The van der Waals surface area contributed by atoms with E-state index in [4.69, 9.17) is 0 Å². The number of alkyl halides is 1. The van der Waals surface area contributed by atoms with Crippen LogP contribution in [0.4, 0.5) is 4.39 Å². The Kier molecular flexibility index (Phi) is 3.27. The maximum absolute atomic E-state index is 13.1. The molecule has 11 heavy (non-hydrogen) atoms. The molecule has 0 amide bonds. The molecule has 2 nitrogen and oxygen atoms in total. The van der Waals surface area contributed by atoms with Crippen LogP contribution in [0.15, 0.2) is 0 Å². The SMILES string of the molecule is CCN(CC)C1CNCC1F. The fourth-order valence-electron chi connectivity index (χ4n) is 1.68. The van der Waals surface area contributed by atoms with Gasteiger partial charge in [0.1, 0.15) is 6.17 Å². The van der Waals surface area contributed by atoms with E-state index in [0.29, 0.717) is 6.54 Å². The molecule has 1 heterocycles. The molecule has 2 atom stereocenters. The van der Waals surface area contributed by atoms with E-state index in [2.05, 4.69) is 24.1 Å². The first-order valence-corrected chi connectivity index (χ1v) is 4.38. The molecule has 1 aliphatic heterocycles. The lowest BCUT2D eigenvalue weighted by molar-refractivity contribution is 0.157. The van der Waals surface area contributed by atoms with Crippen molar-refractivity contribution in [3.05, 3.63) is 0 Å². The van der Waals surface area contributed by atoms with Crippen molar-refractivity contribution >= 4 is 0 Å². The van der Waals surface area contributed by atoms with Gasteiger partial charge in [0.15, 0.2) is 0 Å². The van der Waals surface area contributed by atoms with Crippen molar-refractivity contribution in [2.24, 2.45) is 0 Å². The second kappa shape index (κ2) is 4.02. The Labute approximate surface area is 67.8 Å². The molecule has 1 N–H and O–H groups in total. The molecular formula is C8H17FN2. The van der Waals surface area contributed by atoms with Gasteiger partial charge in [-0.25, -0.2) is 4.39 Å². The highest BCUT2D eigenvalue weighted by Gasteiger charge is 2.30. The quantitative estimate of drug-likeness (QED) is 0.651. The maximum atomic E-state index is 13.1. The summed E-state index contributed by atoms with van der Waals surface area (Å²) in [6, 6.07) is 0.116. The average Bonchev–Trinajstić information content (AvgIpc) is 2.40. The van der Waals surface area contributed by atoms with E-state index in [1.807, 2.05) is 0 Å². The van der Waals surface area contributed by atoms with Crippen molar-refractivity contribution in [2.45, 2.75) is 26.1 Å². The molecule has 0 bridgehead atoms. The number of hydrogen-bond acceptors (Lipinski definition) is 2. The van der Waals surface area contributed by atoms with Crippen LogP contribution in [-0.4, -0.2) is 43.3 Å². The normalized spacial score (nSPS) is 31.6. The van der Waals surface area contributed by atoms with Crippen LogP contribution in [0.3, 0.4) is 0 Å². The van der Waals surface area contributed by atoms with Gasteiger partial charge < -0.3 is 5.32 Å². The molecule has 0 aromatic carbocycles. The molecule has 0 radical (unpaired) electrons. The third-order valence-corrected chi connectivity index (χ3v) is 2.39. The zero-order valence-electron chi connectivity index (χ0n) is 7.31. The smallest absolute Gasteiger partial charge is 0.129 e. The zero-order chi connectivity index (χ0) is 8.27. The molecule has 1 saturated heterocycles. The fraction of sp³-hybridized carbons (Fsp3) is 1.00. The molecule has 0 aromatic heterocycles. The average molecular weight is 160 g/mol. The Morgan fingerprint density at radius 3 is 2.36 bits per heavy atom. The molecular weight excluding hydrogens is 143 g/mol. The molecule has 3 heteroatoms. The lowest BCUT2D eigenvalue weighted by atomic mass is 10.2. The number of nitrogens with one attached hydrogen (secondary N) is 1. The number of likely N-dealkylation sites (N-methyl/N-ethyl adjacent to an activating group) is 1. The summed E-state index contributed by atoms with van der Waals surface area (Å²) in [4.78, 5) is 2.17. The van der Waals surface area contributed by atoms with Gasteiger partial charge in [0.25, 0.3) is 0 Å². The van der Waals surface area contributed by atoms with Crippen LogP contribution in [0.25, 0.3) is 0 Å². The number of rotatable bonds is 3. The van der Waals surface area contributed by atoms with E-state index in [9.17, 15) is 4.39 Å². The van der Waals surface area contributed by atoms with Crippen LogP contribution >= 0.6 is 0 Å². The van der Waals surface area contributed by atoms with Crippen molar-refractivity contribution in [2.75, 3.05) is 26.2 Å². The second-order valence-electron chi connectivity index (χ2n) is 2.96. The van der Waals surface area contributed by atoms with Crippen molar-refractivity contribution in [3.8, 4) is 0 Å². The van der Waals surface area contributed by atoms with Gasteiger partial charge in [-0.05, 0) is 13.1 Å².